The number of nitrogens with two attached hydrogens (primary N) is 2. The van der Waals surface area contributed by atoms with E-state index in [0.717, 1.165) is 11.8 Å². The number of aromatic nitrogens is 4. The van der Waals surface area contributed by atoms with Crippen molar-refractivity contribution >= 4 is 118 Å². The van der Waals surface area contributed by atoms with Crippen LogP contribution in [0.2, 0.25) is 0 Å². The van der Waals surface area contributed by atoms with Gasteiger partial charge < -0.3 is 127 Å². The Bertz CT molecular complexity index is 4600. The first-order valence-electron chi connectivity index (χ1n) is 41.1. The average molecular weight is 1790 g/mol. The van der Waals surface area contributed by atoms with E-state index in [1.54, 1.807) is 41.5 Å². The molecule has 5 aromatic rings. The Labute approximate surface area is 735 Å². The van der Waals surface area contributed by atoms with Gasteiger partial charge in [-0.2, -0.15) is 0 Å². The van der Waals surface area contributed by atoms with Crippen LogP contribution in [0.3, 0.4) is 0 Å². The van der Waals surface area contributed by atoms with E-state index >= 15 is 24.0 Å². The minimum absolute atomic E-state index is 0.0230. The molecule has 1 aliphatic heterocycles. The van der Waals surface area contributed by atoms with E-state index in [9.17, 15) is 78.0 Å². The number of aromatic amines is 2. The second kappa shape index (κ2) is 51.4. The number of imidazole rings is 2. The number of amides is 16. The molecule has 127 heavy (non-hydrogen) atoms. The second-order valence-corrected chi connectivity index (χ2v) is 32.4. The number of nitrogens with one attached hydrogen (secondary N) is 19. The third-order valence-electron chi connectivity index (χ3n) is 19.8. The molecule has 27 N–H and O–H groups in total. The van der Waals surface area contributed by atoms with Crippen molar-refractivity contribution in [2.45, 2.75) is 198 Å². The highest BCUT2D eigenvalue weighted by atomic mass is 32.2. The number of thioether (sulfide) groups is 1. The monoisotopic (exact) mass is 1790 g/mol. The summed E-state index contributed by atoms with van der Waals surface area (Å²) >= 11 is 0.734. The molecule has 13 atom stereocenters. The summed E-state index contributed by atoms with van der Waals surface area (Å²) in [6, 6.07) is -2.47. The van der Waals surface area contributed by atoms with Gasteiger partial charge in [0.1, 0.15) is 89.8 Å². The molecule has 0 saturated carbocycles. The Balaban J connectivity index is 1.44. The molecule has 1 aliphatic rings. The zero-order chi connectivity index (χ0) is 93.6. The first-order chi connectivity index (χ1) is 60.2. The molecule has 1 saturated heterocycles. The van der Waals surface area contributed by atoms with Gasteiger partial charge in [0.05, 0.1) is 49.4 Å². The van der Waals surface area contributed by atoms with E-state index in [-0.39, 0.29) is 98.4 Å². The average Bonchev–Trinajstić information content (AvgIpc) is 1.30. The molecule has 44 nitrogen and oxygen atoms in total. The Kier molecular flexibility index (Phi) is 41.2. The van der Waals surface area contributed by atoms with Crippen molar-refractivity contribution in [1.82, 2.24) is 105 Å². The van der Waals surface area contributed by atoms with Gasteiger partial charge in [0.25, 0.3) is 0 Å². The predicted octanol–water partition coefficient (Wildman–Crippen LogP) is -4.55. The summed E-state index contributed by atoms with van der Waals surface area (Å²) in [7, 11) is 0. The van der Waals surface area contributed by atoms with Gasteiger partial charge in [-0.15, -0.1) is 11.8 Å². The van der Waals surface area contributed by atoms with Crippen LogP contribution in [0, 0.1) is 23.2 Å². The highest BCUT2D eigenvalue weighted by Crippen LogP contribution is 2.20. The number of rotatable bonds is 26. The van der Waals surface area contributed by atoms with Crippen molar-refractivity contribution in [3.05, 3.63) is 126 Å². The maximum Gasteiger partial charge on any atom is 0.303 e. The number of carbonyl (C=O) groups excluding carboxylic acids is 16. The van der Waals surface area contributed by atoms with Crippen LogP contribution in [-0.4, -0.2) is 257 Å². The summed E-state index contributed by atoms with van der Waals surface area (Å²) in [6.45, 7) is 8.91. The number of aliphatic carboxylic acids is 1. The molecule has 3 heterocycles. The van der Waals surface area contributed by atoms with Crippen molar-refractivity contribution in [2.75, 3.05) is 37.7 Å². The maximum atomic E-state index is 15.4. The summed E-state index contributed by atoms with van der Waals surface area (Å²) in [4.78, 5) is 255. The predicted molar refractivity (Wildman–Crippen MR) is 459 cm³/mol. The lowest BCUT2D eigenvalue weighted by Gasteiger charge is -2.30. The van der Waals surface area contributed by atoms with Gasteiger partial charge in [0.15, 0.2) is 5.96 Å². The minimum atomic E-state index is -1.70. The van der Waals surface area contributed by atoms with Crippen LogP contribution < -0.4 is 96.5 Å². The van der Waals surface area contributed by atoms with E-state index < -0.39 is 242 Å². The van der Waals surface area contributed by atoms with Crippen molar-refractivity contribution < 1.29 is 102 Å². The number of carboxylic acid groups (broad SMARTS) is 1. The lowest BCUT2D eigenvalue weighted by atomic mass is 9.96. The number of hydrogen-bond acceptors (Lipinski definition) is 24. The first-order valence-corrected chi connectivity index (χ1v) is 42.3. The van der Waals surface area contributed by atoms with E-state index in [4.69, 9.17) is 16.9 Å². The van der Waals surface area contributed by atoms with Crippen LogP contribution in [0.1, 0.15) is 121 Å². The zero-order valence-electron chi connectivity index (χ0n) is 71.3. The molecule has 0 unspecified atom stereocenters. The largest absolute Gasteiger partial charge is 0.508 e. The molecule has 690 valence electrons. The van der Waals surface area contributed by atoms with Crippen LogP contribution in [0.25, 0.3) is 0 Å². The summed E-state index contributed by atoms with van der Waals surface area (Å²) in [5.74, 6) is -20.6. The van der Waals surface area contributed by atoms with Crippen LogP contribution in [0.15, 0.2) is 97.8 Å². The highest BCUT2D eigenvalue weighted by Gasteiger charge is 2.39. The van der Waals surface area contributed by atoms with Crippen molar-refractivity contribution in [3.8, 4) is 17.2 Å². The summed E-state index contributed by atoms with van der Waals surface area (Å²) in [6.07, 6.45) is 2.13. The number of primary amides is 1. The fourth-order valence-electron chi connectivity index (χ4n) is 12.9. The minimum Gasteiger partial charge on any atom is -0.508 e. The van der Waals surface area contributed by atoms with Crippen LogP contribution in [0.4, 0.5) is 0 Å². The molecule has 0 aliphatic carbocycles. The Morgan fingerprint density at radius 3 is 1.29 bits per heavy atom. The topological polar surface area (TPSA) is 697 Å². The standard InChI is InChI=1S/C82H115N23O21S/c1-8-44(6)69-81(126)104-57(27-43(4)5)75(120)94-45(7)70(115)90-36-65(110)95-55(23-24-68(113)114)73(118)99-56(26-42(2)3)71(116)91-37-66(111)97-63(72(117)89-35-64(83)109)38-127-39-67(112)96-58(28-46-11-17-51(106)18-12-46)76(121)102-62(32-50-34-87-41-93-50)80(125)103-61(31-49-33-86-40-92-49)79(124)101-60(30-48-15-21-53(108)22-16-48)78(123)100-59(29-47-13-19-52(107)20-14-47)77(122)98-54(74(119)105-69)10-9-25-88-82(84)85/h11-22,33-34,40-45,54-63,69,106-108H,8-10,23-32,35-39H2,1-7H3,(H2,83,109)(H,86,92)(H,87,93)(H,89,117)(H,90,115)(H,91,116)(H,94,120)(H,95,110)(H,96,112)(H,97,111)(H,98,122)(H,99,118)(H,100,123)(H,101,124)(H,102,121)(H,103,125)(H,104,126)(H,105,119)(H,113,114)(H4,84,85,88)/t44-,45-,54-,55-,56-,57-,58-,59-,60-,61-,62-,63-,69-/m0/s1. The van der Waals surface area contributed by atoms with Gasteiger partial charge in [0, 0.05) is 63.2 Å². The molecule has 0 radical (unpaired) electrons. The molecular formula is C82H115N23O21S. The molecular weight excluding hydrogens is 1680 g/mol. The van der Waals surface area contributed by atoms with Crippen LogP contribution in [0.5, 0.6) is 17.2 Å². The lowest BCUT2D eigenvalue weighted by Crippen LogP contribution is -2.62. The molecule has 45 heteroatoms. The quantitative estimate of drug-likeness (QED) is 0.0141. The fourth-order valence-corrected chi connectivity index (χ4v) is 13.8. The normalized spacial score (nSPS) is 22.7. The summed E-state index contributed by atoms with van der Waals surface area (Å²) in [5, 5.41) is 89.2. The van der Waals surface area contributed by atoms with Gasteiger partial charge in [0.2, 0.25) is 94.5 Å². The van der Waals surface area contributed by atoms with Gasteiger partial charge in [-0.3, -0.25) is 86.9 Å². The maximum absolute atomic E-state index is 15.4. The molecule has 3 aromatic carbocycles. The summed E-state index contributed by atoms with van der Waals surface area (Å²) in [5.41, 5.74) is 12.3. The third-order valence-corrected chi connectivity index (χ3v) is 20.9. The second-order valence-electron chi connectivity index (χ2n) is 31.3. The molecule has 0 bridgehead atoms. The number of hydrogen-bond donors (Lipinski definition) is 25. The van der Waals surface area contributed by atoms with Gasteiger partial charge in [-0.25, -0.2) is 9.97 Å². The molecule has 6 rings (SSSR count). The molecule has 16 amide bonds. The van der Waals surface area contributed by atoms with Crippen molar-refractivity contribution in [1.29, 1.82) is 5.41 Å². The Morgan fingerprint density at radius 2 is 0.858 bits per heavy atom. The molecule has 0 spiro atoms. The summed E-state index contributed by atoms with van der Waals surface area (Å²) < 4.78 is 0. The smallest absolute Gasteiger partial charge is 0.303 e. The van der Waals surface area contributed by atoms with Crippen LogP contribution >= 0.6 is 11.8 Å². The lowest BCUT2D eigenvalue weighted by molar-refractivity contribution is -0.138. The van der Waals surface area contributed by atoms with E-state index in [1.165, 1.54) is 105 Å². The highest BCUT2D eigenvalue weighted by molar-refractivity contribution is 8.00. The van der Waals surface area contributed by atoms with Crippen molar-refractivity contribution in [2.24, 2.45) is 29.2 Å². The SMILES string of the molecule is CC[C@H](C)[C@@H]1NC(=O)[C@H](CCCNC(=N)N)NC(=O)[C@H](Cc2ccc(O)cc2)NC(=O)[C@H](Cc2ccc(O)cc2)NC(=O)[C@H](Cc2c[nH]cn2)NC(=O)[C@H](Cc2c[nH]cn2)NC(=O)[C@H](Cc2ccc(O)cc2)NC(=O)CSC[C@@H](C(=O)NCC(N)=O)NC(=O)CNC(=O)[C@H](CC(C)C)NC(=O)[C@H](CCC(=O)O)NC(=O)CNC(=O)[C@H](C)NC(=O)[C@H](CC(C)C)NC1=O. The Hall–Kier alpha value is -13.9. The van der Waals surface area contributed by atoms with Gasteiger partial charge in [-0.1, -0.05) is 84.4 Å². The number of guanidine groups is 1. The van der Waals surface area contributed by atoms with Gasteiger partial charge >= 0.3 is 5.97 Å². The number of H-pyrrole nitrogens is 2. The number of carbonyl (C=O) groups is 17. The number of carboxylic acids is 1. The Morgan fingerprint density at radius 1 is 0.472 bits per heavy atom. The number of aromatic hydroxyl groups is 3. The van der Waals surface area contributed by atoms with E-state index in [1.807, 2.05) is 0 Å². The van der Waals surface area contributed by atoms with E-state index in [2.05, 4.69) is 105 Å². The number of nitrogens with zero attached hydrogens (tertiary/aromatic N) is 2. The van der Waals surface area contributed by atoms with Gasteiger partial charge in [-0.05, 0) is 110 Å². The molecule has 2 aromatic heterocycles. The number of phenolic OH excluding ortho intramolecular Hbond substituents is 3. The number of benzene rings is 3. The van der Waals surface area contributed by atoms with Crippen molar-refractivity contribution in [3.63, 3.8) is 0 Å². The zero-order valence-corrected chi connectivity index (χ0v) is 72.1. The third kappa shape index (κ3) is 36.4. The number of phenols is 3. The van der Waals surface area contributed by atoms with Crippen LogP contribution in [-0.2, 0) is 114 Å². The molecule has 1 fully saturated rings. The first kappa shape index (κ1) is 102. The van der Waals surface area contributed by atoms with E-state index in [0.29, 0.717) is 16.7 Å². The fraction of sp³-hybridized carbons (Fsp3) is 0.488.